The fourth-order valence-corrected chi connectivity index (χ4v) is 3.94. The molecule has 0 bridgehead atoms. The second-order valence-electron chi connectivity index (χ2n) is 7.33. The van der Waals surface area contributed by atoms with E-state index in [0.717, 1.165) is 24.1 Å². The number of rotatable bonds is 5. The Morgan fingerprint density at radius 3 is 2.57 bits per heavy atom. The van der Waals surface area contributed by atoms with E-state index >= 15 is 0 Å². The molecule has 2 aliphatic rings. The number of hydrogen-bond acceptors (Lipinski definition) is 3. The molecule has 0 radical (unpaired) electrons. The molecular weight excluding hydrogens is 359 g/mol. The third kappa shape index (κ3) is 3.92. The first-order chi connectivity index (χ1) is 13.6. The first kappa shape index (κ1) is 18.6. The fourth-order valence-electron chi connectivity index (χ4n) is 3.94. The van der Waals surface area contributed by atoms with Crippen LogP contribution < -0.4 is 10.2 Å². The molecule has 28 heavy (non-hydrogen) atoms. The Morgan fingerprint density at radius 2 is 1.89 bits per heavy atom. The molecule has 2 aliphatic heterocycles. The van der Waals surface area contributed by atoms with Crippen LogP contribution in [0.25, 0.3) is 0 Å². The van der Waals surface area contributed by atoms with Gasteiger partial charge < -0.3 is 15.0 Å². The molecule has 2 fully saturated rings. The molecule has 4 rings (SSSR count). The second kappa shape index (κ2) is 8.10. The van der Waals surface area contributed by atoms with Crippen molar-refractivity contribution in [3.05, 3.63) is 66.0 Å². The minimum atomic E-state index is -0.419. The van der Waals surface area contributed by atoms with E-state index in [1.54, 1.807) is 17.0 Å². The number of benzene rings is 2. The standard InChI is InChI=1S/C22H23FN2O3/c23-17-10-8-15(9-11-17)21(19-7-4-12-28-19)24-22(27)16-13-20(26)25(14-16)18-5-2-1-3-6-18/h1-3,5-6,8-11,16,19,21H,4,7,12-14H2,(H,24,27). The Bertz CT molecular complexity index is 835. The number of nitrogens with one attached hydrogen (secondary N) is 1. The molecule has 0 saturated carbocycles. The number of carbonyl (C=O) groups is 2. The highest BCUT2D eigenvalue weighted by Crippen LogP contribution is 2.29. The number of ether oxygens (including phenoxy) is 1. The smallest absolute Gasteiger partial charge is 0.227 e. The highest BCUT2D eigenvalue weighted by Gasteiger charge is 2.37. The topological polar surface area (TPSA) is 58.6 Å². The Kier molecular flexibility index (Phi) is 5.39. The SMILES string of the molecule is O=C(NC(c1ccc(F)cc1)C1CCCO1)C1CC(=O)N(c2ccccc2)C1. The van der Waals surface area contributed by atoms with Crippen molar-refractivity contribution in [2.75, 3.05) is 18.1 Å². The molecule has 2 heterocycles. The van der Waals surface area contributed by atoms with Gasteiger partial charge in [-0.25, -0.2) is 4.39 Å². The highest BCUT2D eigenvalue weighted by molar-refractivity contribution is 6.00. The molecule has 0 aliphatic carbocycles. The highest BCUT2D eigenvalue weighted by atomic mass is 19.1. The Labute approximate surface area is 163 Å². The first-order valence-electron chi connectivity index (χ1n) is 9.64. The number of amides is 2. The lowest BCUT2D eigenvalue weighted by atomic mass is 9.97. The Balaban J connectivity index is 1.48. The summed E-state index contributed by atoms with van der Waals surface area (Å²) >= 11 is 0. The Morgan fingerprint density at radius 1 is 1.14 bits per heavy atom. The number of hydrogen-bond donors (Lipinski definition) is 1. The minimum absolute atomic E-state index is 0.0539. The second-order valence-corrected chi connectivity index (χ2v) is 7.33. The summed E-state index contributed by atoms with van der Waals surface area (Å²) < 4.78 is 19.1. The van der Waals surface area contributed by atoms with E-state index in [1.807, 2.05) is 30.3 Å². The van der Waals surface area contributed by atoms with Gasteiger partial charge in [0.15, 0.2) is 0 Å². The monoisotopic (exact) mass is 382 g/mol. The third-order valence-electron chi connectivity index (χ3n) is 5.43. The molecular formula is C22H23FN2O3. The van der Waals surface area contributed by atoms with E-state index in [0.29, 0.717) is 13.2 Å². The largest absolute Gasteiger partial charge is 0.376 e. The molecule has 0 spiro atoms. The van der Waals surface area contributed by atoms with E-state index in [2.05, 4.69) is 5.32 Å². The summed E-state index contributed by atoms with van der Waals surface area (Å²) in [6.45, 7) is 1.01. The van der Waals surface area contributed by atoms with E-state index < -0.39 is 5.92 Å². The van der Waals surface area contributed by atoms with E-state index in [4.69, 9.17) is 4.74 Å². The van der Waals surface area contributed by atoms with Crippen LogP contribution in [-0.4, -0.2) is 31.1 Å². The van der Waals surface area contributed by atoms with Crippen LogP contribution in [0.1, 0.15) is 30.9 Å². The molecule has 2 saturated heterocycles. The minimum Gasteiger partial charge on any atom is -0.376 e. The van der Waals surface area contributed by atoms with Crippen LogP contribution in [0.2, 0.25) is 0 Å². The number of para-hydroxylation sites is 1. The molecule has 5 nitrogen and oxygen atoms in total. The molecule has 2 amide bonds. The van der Waals surface area contributed by atoms with Crippen LogP contribution in [0.15, 0.2) is 54.6 Å². The number of halogens is 1. The lowest BCUT2D eigenvalue weighted by molar-refractivity contribution is -0.127. The van der Waals surface area contributed by atoms with Crippen LogP contribution in [0.3, 0.4) is 0 Å². The summed E-state index contributed by atoms with van der Waals surface area (Å²) in [5, 5.41) is 3.06. The van der Waals surface area contributed by atoms with Gasteiger partial charge in [-0.3, -0.25) is 9.59 Å². The predicted octanol–water partition coefficient (Wildman–Crippen LogP) is 3.22. The maximum atomic E-state index is 13.3. The van der Waals surface area contributed by atoms with Gasteiger partial charge in [0, 0.05) is 25.3 Å². The summed E-state index contributed by atoms with van der Waals surface area (Å²) in [7, 11) is 0. The molecule has 2 aromatic rings. The Hall–Kier alpha value is -2.73. The molecule has 3 unspecified atom stereocenters. The molecule has 3 atom stereocenters. The number of anilines is 1. The van der Waals surface area contributed by atoms with Crippen molar-refractivity contribution in [3.8, 4) is 0 Å². The van der Waals surface area contributed by atoms with Crippen molar-refractivity contribution in [1.29, 1.82) is 0 Å². The maximum absolute atomic E-state index is 13.3. The van der Waals surface area contributed by atoms with E-state index in [1.165, 1.54) is 12.1 Å². The van der Waals surface area contributed by atoms with Crippen molar-refractivity contribution in [2.24, 2.45) is 5.92 Å². The summed E-state index contributed by atoms with van der Waals surface area (Å²) in [6.07, 6.45) is 1.81. The van der Waals surface area contributed by atoms with Crippen LogP contribution in [0, 0.1) is 11.7 Å². The van der Waals surface area contributed by atoms with E-state index in [9.17, 15) is 14.0 Å². The van der Waals surface area contributed by atoms with Crippen molar-refractivity contribution in [2.45, 2.75) is 31.4 Å². The summed E-state index contributed by atoms with van der Waals surface area (Å²) in [6, 6.07) is 15.2. The average Bonchev–Trinajstić information content (AvgIpc) is 3.37. The molecule has 1 N–H and O–H groups in total. The summed E-state index contributed by atoms with van der Waals surface area (Å²) in [4.78, 5) is 27.0. The fraction of sp³-hybridized carbons (Fsp3) is 0.364. The quantitative estimate of drug-likeness (QED) is 0.864. The zero-order valence-corrected chi connectivity index (χ0v) is 15.5. The van der Waals surface area contributed by atoms with Crippen molar-refractivity contribution in [1.82, 2.24) is 5.32 Å². The third-order valence-corrected chi connectivity index (χ3v) is 5.43. The van der Waals surface area contributed by atoms with Gasteiger partial charge in [-0.15, -0.1) is 0 Å². The van der Waals surface area contributed by atoms with Crippen LogP contribution in [0.4, 0.5) is 10.1 Å². The predicted molar refractivity (Wildman–Crippen MR) is 103 cm³/mol. The van der Waals surface area contributed by atoms with Gasteiger partial charge in [-0.2, -0.15) is 0 Å². The molecule has 6 heteroatoms. The summed E-state index contributed by atoms with van der Waals surface area (Å²) in [5.74, 6) is -0.962. The van der Waals surface area contributed by atoms with Gasteiger partial charge in [0.05, 0.1) is 18.1 Å². The molecule has 0 aromatic heterocycles. The van der Waals surface area contributed by atoms with Crippen molar-refractivity contribution < 1.29 is 18.7 Å². The van der Waals surface area contributed by atoms with Gasteiger partial charge in [-0.1, -0.05) is 30.3 Å². The lowest BCUT2D eigenvalue weighted by Crippen LogP contribution is -2.40. The van der Waals surface area contributed by atoms with Gasteiger partial charge in [0.1, 0.15) is 5.82 Å². The zero-order valence-electron chi connectivity index (χ0n) is 15.5. The zero-order chi connectivity index (χ0) is 19.5. The number of nitrogens with zero attached hydrogens (tertiary/aromatic N) is 1. The van der Waals surface area contributed by atoms with Gasteiger partial charge in [0.25, 0.3) is 0 Å². The summed E-state index contributed by atoms with van der Waals surface area (Å²) in [5.41, 5.74) is 1.61. The molecule has 2 aromatic carbocycles. The normalized spacial score (nSPS) is 23.0. The lowest BCUT2D eigenvalue weighted by Gasteiger charge is -2.26. The van der Waals surface area contributed by atoms with Gasteiger partial charge in [0.2, 0.25) is 11.8 Å². The van der Waals surface area contributed by atoms with Crippen LogP contribution >= 0.6 is 0 Å². The van der Waals surface area contributed by atoms with Gasteiger partial charge in [-0.05, 0) is 42.7 Å². The van der Waals surface area contributed by atoms with Crippen LogP contribution in [-0.2, 0) is 14.3 Å². The molecule has 146 valence electrons. The van der Waals surface area contributed by atoms with E-state index in [-0.39, 0.29) is 36.2 Å². The van der Waals surface area contributed by atoms with Gasteiger partial charge >= 0.3 is 0 Å². The average molecular weight is 382 g/mol. The van der Waals surface area contributed by atoms with Crippen LogP contribution in [0.5, 0.6) is 0 Å². The number of carbonyl (C=O) groups excluding carboxylic acids is 2. The van der Waals surface area contributed by atoms with Crippen molar-refractivity contribution in [3.63, 3.8) is 0 Å². The van der Waals surface area contributed by atoms with Crippen molar-refractivity contribution >= 4 is 17.5 Å². The maximum Gasteiger partial charge on any atom is 0.227 e. The first-order valence-corrected chi connectivity index (χ1v) is 9.64.